The number of unbranched alkanes of at least 4 members (excludes halogenated alkanes) is 1. The molecule has 3 aromatic heterocycles. The number of nitrogens with one attached hydrogen (secondary N) is 1. The molecular weight excluding hydrogens is 392 g/mol. The lowest BCUT2D eigenvalue weighted by atomic mass is 10.0. The number of aromatic amines is 1. The highest BCUT2D eigenvalue weighted by Crippen LogP contribution is 2.34. The summed E-state index contributed by atoms with van der Waals surface area (Å²) >= 11 is 1.63. The Balaban J connectivity index is 1.45. The van der Waals surface area contributed by atoms with Crippen molar-refractivity contribution in [1.29, 1.82) is 0 Å². The van der Waals surface area contributed by atoms with Gasteiger partial charge in [0.2, 0.25) is 0 Å². The van der Waals surface area contributed by atoms with E-state index in [2.05, 4.69) is 92.1 Å². The molecule has 150 valence electrons. The van der Waals surface area contributed by atoms with Gasteiger partial charge in [-0.05, 0) is 51.6 Å². The van der Waals surface area contributed by atoms with E-state index in [4.69, 9.17) is 4.98 Å². The second kappa shape index (κ2) is 8.20. The third-order valence-corrected chi connectivity index (χ3v) is 6.24. The lowest BCUT2D eigenvalue weighted by Gasteiger charge is -2.10. The van der Waals surface area contributed by atoms with Crippen molar-refractivity contribution in [2.75, 3.05) is 0 Å². The van der Waals surface area contributed by atoms with Gasteiger partial charge in [-0.15, -0.1) is 16.4 Å². The predicted octanol–water partition coefficient (Wildman–Crippen LogP) is 5.34. The van der Waals surface area contributed by atoms with Gasteiger partial charge in [-0.1, -0.05) is 49.7 Å². The Bertz CT molecular complexity index is 1250. The van der Waals surface area contributed by atoms with Gasteiger partial charge < -0.3 is 4.57 Å². The van der Waals surface area contributed by atoms with Gasteiger partial charge in [-0.25, -0.2) is 10.1 Å². The van der Waals surface area contributed by atoms with Crippen LogP contribution >= 0.6 is 11.3 Å². The number of para-hydroxylation sites is 2. The number of fused-ring (bicyclic) bond motifs is 1. The van der Waals surface area contributed by atoms with E-state index >= 15 is 0 Å². The van der Waals surface area contributed by atoms with Crippen molar-refractivity contribution in [3.63, 3.8) is 0 Å². The van der Waals surface area contributed by atoms with E-state index < -0.39 is 0 Å². The van der Waals surface area contributed by atoms with E-state index in [0.717, 1.165) is 40.9 Å². The van der Waals surface area contributed by atoms with Crippen LogP contribution in [0.3, 0.4) is 0 Å². The second-order valence-corrected chi connectivity index (χ2v) is 8.23. The van der Waals surface area contributed by atoms with E-state index in [0.29, 0.717) is 5.82 Å². The number of hydrogen-bond donors (Lipinski definition) is 1. The summed E-state index contributed by atoms with van der Waals surface area (Å²) in [7, 11) is 0. The van der Waals surface area contributed by atoms with Crippen molar-refractivity contribution in [3.05, 3.63) is 71.4 Å². The smallest absolute Gasteiger partial charge is 0.190 e. The maximum atomic E-state index is 4.89. The molecule has 7 heteroatoms. The quantitative estimate of drug-likeness (QED) is 0.390. The Hall–Kier alpha value is -3.32. The summed E-state index contributed by atoms with van der Waals surface area (Å²) in [5.74, 6) is 1.87. The summed E-state index contributed by atoms with van der Waals surface area (Å²) < 4.78 is 2.36. The second-order valence-electron chi connectivity index (χ2n) is 7.32. The first-order valence-electron chi connectivity index (χ1n) is 10.2. The minimum absolute atomic E-state index is 0.703. The molecule has 0 amide bonds. The number of nitrogens with zero attached hydrogens (tertiary/aromatic N) is 5. The van der Waals surface area contributed by atoms with E-state index in [1.165, 1.54) is 23.3 Å². The van der Waals surface area contributed by atoms with Crippen LogP contribution in [0.15, 0.2) is 60.0 Å². The molecule has 0 spiro atoms. The van der Waals surface area contributed by atoms with Crippen LogP contribution in [0.1, 0.15) is 31.2 Å². The standard InChI is InChI=1S/C23H22N6S/c1-2-3-8-21-24-19-6-4-5-7-20(19)29(21)15-16-9-11-17(12-10-16)18-13-14-30-22(18)23-25-27-28-26-23/h4-7,9-14H,2-3,8,15H2,1H3,(H,25,26,27,28). The summed E-state index contributed by atoms with van der Waals surface area (Å²) in [5.41, 5.74) is 5.84. The van der Waals surface area contributed by atoms with Gasteiger partial charge in [0, 0.05) is 18.5 Å². The van der Waals surface area contributed by atoms with Crippen LogP contribution in [0.5, 0.6) is 0 Å². The number of rotatable bonds is 7. The molecule has 0 atom stereocenters. The lowest BCUT2D eigenvalue weighted by Crippen LogP contribution is -2.05. The van der Waals surface area contributed by atoms with Crippen LogP contribution in [0.25, 0.3) is 32.9 Å². The summed E-state index contributed by atoms with van der Waals surface area (Å²) in [6, 6.07) is 19.3. The molecule has 0 aliphatic heterocycles. The zero-order valence-electron chi connectivity index (χ0n) is 16.7. The molecule has 5 rings (SSSR count). The summed E-state index contributed by atoms with van der Waals surface area (Å²) in [6.45, 7) is 3.04. The first kappa shape index (κ1) is 18.7. The zero-order valence-corrected chi connectivity index (χ0v) is 17.6. The van der Waals surface area contributed by atoms with Crippen LogP contribution < -0.4 is 0 Å². The molecule has 0 radical (unpaired) electrons. The van der Waals surface area contributed by atoms with Crippen LogP contribution in [0, 0.1) is 0 Å². The van der Waals surface area contributed by atoms with Crippen molar-refractivity contribution in [3.8, 4) is 21.8 Å². The molecule has 1 N–H and O–H groups in total. The van der Waals surface area contributed by atoms with E-state index in [1.54, 1.807) is 11.3 Å². The van der Waals surface area contributed by atoms with Crippen molar-refractivity contribution in [2.45, 2.75) is 32.7 Å². The minimum Gasteiger partial charge on any atom is -0.323 e. The normalized spacial score (nSPS) is 11.4. The highest BCUT2D eigenvalue weighted by molar-refractivity contribution is 7.14. The SMILES string of the molecule is CCCCc1nc2ccccc2n1Cc1ccc(-c2ccsc2-c2nnn[nH]2)cc1. The number of thiophene rings is 1. The molecule has 5 aromatic rings. The number of aromatic nitrogens is 6. The number of aryl methyl sites for hydroxylation is 1. The topological polar surface area (TPSA) is 72.3 Å². The molecule has 0 saturated carbocycles. The number of imidazole rings is 1. The predicted molar refractivity (Wildman–Crippen MR) is 120 cm³/mol. The molecule has 0 saturated heterocycles. The number of H-pyrrole nitrogens is 1. The first-order chi connectivity index (χ1) is 14.8. The van der Waals surface area contributed by atoms with E-state index in [-0.39, 0.29) is 0 Å². The molecule has 0 aliphatic carbocycles. The zero-order chi connectivity index (χ0) is 20.3. The third-order valence-electron chi connectivity index (χ3n) is 5.32. The highest BCUT2D eigenvalue weighted by Gasteiger charge is 2.13. The number of benzene rings is 2. The van der Waals surface area contributed by atoms with Crippen LogP contribution in [0.4, 0.5) is 0 Å². The Labute approximate surface area is 178 Å². The fourth-order valence-corrected chi connectivity index (χ4v) is 4.63. The highest BCUT2D eigenvalue weighted by atomic mass is 32.1. The lowest BCUT2D eigenvalue weighted by molar-refractivity contribution is 0.690. The van der Waals surface area contributed by atoms with E-state index in [9.17, 15) is 0 Å². The van der Waals surface area contributed by atoms with Crippen molar-refractivity contribution in [1.82, 2.24) is 30.2 Å². The van der Waals surface area contributed by atoms with Crippen LogP contribution in [-0.2, 0) is 13.0 Å². The van der Waals surface area contributed by atoms with Crippen LogP contribution in [0.2, 0.25) is 0 Å². The average molecular weight is 415 g/mol. The minimum atomic E-state index is 0.703. The fourth-order valence-electron chi connectivity index (χ4n) is 3.78. The summed E-state index contributed by atoms with van der Waals surface area (Å²) in [6.07, 6.45) is 3.33. The van der Waals surface area contributed by atoms with Crippen molar-refractivity contribution in [2.24, 2.45) is 0 Å². The molecule has 0 bridgehead atoms. The van der Waals surface area contributed by atoms with E-state index in [1.807, 2.05) is 0 Å². The molecule has 0 aliphatic rings. The molecule has 3 heterocycles. The molecule has 0 fully saturated rings. The number of tetrazole rings is 1. The molecular formula is C23H22N6S. The first-order valence-corrected chi connectivity index (χ1v) is 11.1. The summed E-state index contributed by atoms with van der Waals surface area (Å²) in [4.78, 5) is 5.94. The van der Waals surface area contributed by atoms with Gasteiger partial charge >= 0.3 is 0 Å². The van der Waals surface area contributed by atoms with Gasteiger partial charge in [0.05, 0.1) is 15.9 Å². The molecule has 2 aromatic carbocycles. The Morgan fingerprint density at radius 1 is 1.03 bits per heavy atom. The average Bonchev–Trinajstić information content (AvgIpc) is 3.53. The maximum absolute atomic E-state index is 4.89. The van der Waals surface area contributed by atoms with Gasteiger partial charge in [0.25, 0.3) is 0 Å². The largest absolute Gasteiger partial charge is 0.323 e. The maximum Gasteiger partial charge on any atom is 0.190 e. The van der Waals surface area contributed by atoms with Crippen molar-refractivity contribution < 1.29 is 0 Å². The molecule has 30 heavy (non-hydrogen) atoms. The van der Waals surface area contributed by atoms with Gasteiger partial charge in [0.1, 0.15) is 5.82 Å². The third kappa shape index (κ3) is 3.52. The van der Waals surface area contributed by atoms with Crippen LogP contribution in [-0.4, -0.2) is 30.2 Å². The van der Waals surface area contributed by atoms with Gasteiger partial charge in [-0.2, -0.15) is 0 Å². The molecule has 0 unspecified atom stereocenters. The molecule has 6 nitrogen and oxygen atoms in total. The monoisotopic (exact) mass is 414 g/mol. The Kier molecular flexibility index (Phi) is 5.11. The van der Waals surface area contributed by atoms with Gasteiger partial charge in [0.15, 0.2) is 5.82 Å². The summed E-state index contributed by atoms with van der Waals surface area (Å²) in [5, 5.41) is 16.4. The Morgan fingerprint density at radius 2 is 1.90 bits per heavy atom. The van der Waals surface area contributed by atoms with Gasteiger partial charge in [-0.3, -0.25) is 0 Å². The fraction of sp³-hybridized carbons (Fsp3) is 0.217. The Morgan fingerprint density at radius 3 is 2.70 bits per heavy atom. The van der Waals surface area contributed by atoms with Crippen molar-refractivity contribution >= 4 is 22.4 Å². The number of hydrogen-bond acceptors (Lipinski definition) is 5.